The standard InChI is InChI=1S/C23H26N4O3/c1-16-19(17(2)27(26-16)22-7-5-6-13-24-22)12-14-25-23(28)11-9-18-8-10-20(29-3)21(15-18)30-4/h5-11,13,15H,12,14H2,1-4H3,(H,25,28)/b11-9+. The number of hydrogen-bond donors (Lipinski definition) is 1. The fourth-order valence-corrected chi connectivity index (χ4v) is 3.24. The number of amides is 1. The molecule has 0 radical (unpaired) electrons. The van der Waals surface area contributed by atoms with Gasteiger partial charge in [0.2, 0.25) is 5.91 Å². The second kappa shape index (κ2) is 9.73. The summed E-state index contributed by atoms with van der Waals surface area (Å²) in [7, 11) is 3.17. The number of methoxy groups -OCH3 is 2. The number of aromatic nitrogens is 3. The molecule has 3 aromatic rings. The quantitative estimate of drug-likeness (QED) is 0.581. The van der Waals surface area contributed by atoms with Gasteiger partial charge in [0.25, 0.3) is 0 Å². The molecule has 0 atom stereocenters. The van der Waals surface area contributed by atoms with Crippen molar-refractivity contribution >= 4 is 12.0 Å². The van der Waals surface area contributed by atoms with Crippen molar-refractivity contribution in [1.29, 1.82) is 0 Å². The van der Waals surface area contributed by atoms with Gasteiger partial charge in [0, 0.05) is 24.5 Å². The Hall–Kier alpha value is -3.61. The van der Waals surface area contributed by atoms with Crippen LogP contribution in [0.5, 0.6) is 11.5 Å². The van der Waals surface area contributed by atoms with Crippen molar-refractivity contribution in [3.05, 3.63) is 71.2 Å². The average Bonchev–Trinajstić information content (AvgIpc) is 3.06. The number of hydrogen-bond acceptors (Lipinski definition) is 5. The van der Waals surface area contributed by atoms with Crippen molar-refractivity contribution in [3.8, 4) is 17.3 Å². The molecule has 7 heteroatoms. The summed E-state index contributed by atoms with van der Waals surface area (Å²) in [5, 5.41) is 7.51. The number of carbonyl (C=O) groups excluding carboxylic acids is 1. The van der Waals surface area contributed by atoms with Crippen LogP contribution in [0.15, 0.2) is 48.7 Å². The Balaban J connectivity index is 1.59. The Morgan fingerprint density at radius 1 is 1.13 bits per heavy atom. The van der Waals surface area contributed by atoms with Crippen LogP contribution in [0.4, 0.5) is 0 Å². The molecular formula is C23H26N4O3. The summed E-state index contributed by atoms with van der Waals surface area (Å²) >= 11 is 0. The van der Waals surface area contributed by atoms with Crippen LogP contribution in [0.1, 0.15) is 22.5 Å². The summed E-state index contributed by atoms with van der Waals surface area (Å²) in [5.41, 5.74) is 3.94. The van der Waals surface area contributed by atoms with Gasteiger partial charge in [-0.05, 0) is 61.7 Å². The zero-order valence-electron chi connectivity index (χ0n) is 17.7. The maximum Gasteiger partial charge on any atom is 0.244 e. The molecule has 0 saturated heterocycles. The van der Waals surface area contributed by atoms with Gasteiger partial charge in [-0.2, -0.15) is 5.10 Å². The van der Waals surface area contributed by atoms with Crippen LogP contribution < -0.4 is 14.8 Å². The van der Waals surface area contributed by atoms with Crippen molar-refractivity contribution < 1.29 is 14.3 Å². The number of benzene rings is 1. The molecule has 0 bridgehead atoms. The molecule has 1 aromatic carbocycles. The van der Waals surface area contributed by atoms with Gasteiger partial charge >= 0.3 is 0 Å². The lowest BCUT2D eigenvalue weighted by Crippen LogP contribution is -2.23. The highest BCUT2D eigenvalue weighted by Crippen LogP contribution is 2.27. The summed E-state index contributed by atoms with van der Waals surface area (Å²) in [6.07, 6.45) is 5.70. The predicted octanol–water partition coefficient (Wildman–Crippen LogP) is 3.27. The minimum absolute atomic E-state index is 0.155. The van der Waals surface area contributed by atoms with E-state index in [0.29, 0.717) is 24.5 Å². The van der Waals surface area contributed by atoms with E-state index in [9.17, 15) is 4.79 Å². The predicted molar refractivity (Wildman–Crippen MR) is 116 cm³/mol. The second-order valence-corrected chi connectivity index (χ2v) is 6.74. The molecule has 0 spiro atoms. The fourth-order valence-electron chi connectivity index (χ4n) is 3.24. The highest BCUT2D eigenvalue weighted by Gasteiger charge is 2.13. The maximum atomic E-state index is 12.2. The minimum Gasteiger partial charge on any atom is -0.493 e. The van der Waals surface area contributed by atoms with Crippen LogP contribution in [0.3, 0.4) is 0 Å². The van der Waals surface area contributed by atoms with Crippen LogP contribution in [0.25, 0.3) is 11.9 Å². The van der Waals surface area contributed by atoms with E-state index >= 15 is 0 Å². The Labute approximate surface area is 176 Å². The zero-order chi connectivity index (χ0) is 21.5. The van der Waals surface area contributed by atoms with Crippen molar-refractivity contribution in [3.63, 3.8) is 0 Å². The Kier molecular flexibility index (Phi) is 6.85. The van der Waals surface area contributed by atoms with Crippen LogP contribution in [0, 0.1) is 13.8 Å². The van der Waals surface area contributed by atoms with Gasteiger partial charge in [-0.15, -0.1) is 0 Å². The first-order valence-electron chi connectivity index (χ1n) is 9.68. The van der Waals surface area contributed by atoms with Crippen molar-refractivity contribution in [1.82, 2.24) is 20.1 Å². The van der Waals surface area contributed by atoms with Gasteiger partial charge in [-0.25, -0.2) is 9.67 Å². The first-order valence-corrected chi connectivity index (χ1v) is 9.68. The molecule has 7 nitrogen and oxygen atoms in total. The Bertz CT molecular complexity index is 1040. The molecule has 1 amide bonds. The van der Waals surface area contributed by atoms with E-state index in [2.05, 4.69) is 15.4 Å². The summed E-state index contributed by atoms with van der Waals surface area (Å²) in [5.74, 6) is 1.90. The number of nitrogens with one attached hydrogen (secondary N) is 1. The van der Waals surface area contributed by atoms with Crippen LogP contribution in [0.2, 0.25) is 0 Å². The van der Waals surface area contributed by atoms with E-state index in [1.54, 1.807) is 32.6 Å². The molecule has 2 heterocycles. The molecule has 2 aromatic heterocycles. The van der Waals surface area contributed by atoms with Gasteiger partial charge in [-0.3, -0.25) is 4.79 Å². The number of carbonyl (C=O) groups is 1. The van der Waals surface area contributed by atoms with Gasteiger partial charge < -0.3 is 14.8 Å². The Morgan fingerprint density at radius 2 is 1.93 bits per heavy atom. The van der Waals surface area contributed by atoms with E-state index in [0.717, 1.165) is 28.3 Å². The molecule has 1 N–H and O–H groups in total. The third-order valence-electron chi connectivity index (χ3n) is 4.82. The molecule has 0 unspecified atom stereocenters. The van der Waals surface area contributed by atoms with E-state index in [1.165, 1.54) is 6.08 Å². The largest absolute Gasteiger partial charge is 0.493 e. The van der Waals surface area contributed by atoms with Crippen molar-refractivity contribution in [2.45, 2.75) is 20.3 Å². The van der Waals surface area contributed by atoms with Crippen molar-refractivity contribution in [2.24, 2.45) is 0 Å². The average molecular weight is 406 g/mol. The Morgan fingerprint density at radius 3 is 2.63 bits per heavy atom. The van der Waals surface area contributed by atoms with Crippen molar-refractivity contribution in [2.75, 3.05) is 20.8 Å². The summed E-state index contributed by atoms with van der Waals surface area (Å²) in [6, 6.07) is 11.2. The van der Waals surface area contributed by atoms with Gasteiger partial charge in [0.05, 0.1) is 19.9 Å². The molecular weight excluding hydrogens is 380 g/mol. The smallest absolute Gasteiger partial charge is 0.244 e. The molecule has 0 aliphatic rings. The zero-order valence-corrected chi connectivity index (χ0v) is 17.7. The topological polar surface area (TPSA) is 78.3 Å². The molecule has 0 fully saturated rings. The lowest BCUT2D eigenvalue weighted by atomic mass is 10.1. The molecule has 3 rings (SSSR count). The molecule has 0 saturated carbocycles. The normalized spacial score (nSPS) is 10.9. The molecule has 0 aliphatic heterocycles. The molecule has 30 heavy (non-hydrogen) atoms. The first-order chi connectivity index (χ1) is 14.5. The number of ether oxygens (including phenoxy) is 2. The molecule has 0 aliphatic carbocycles. The third-order valence-corrected chi connectivity index (χ3v) is 4.82. The maximum absolute atomic E-state index is 12.2. The third kappa shape index (κ3) is 4.86. The molecule has 156 valence electrons. The number of aryl methyl sites for hydroxylation is 1. The number of pyridine rings is 1. The minimum atomic E-state index is -0.155. The highest BCUT2D eigenvalue weighted by atomic mass is 16.5. The highest BCUT2D eigenvalue weighted by molar-refractivity contribution is 5.91. The fraction of sp³-hybridized carbons (Fsp3) is 0.261. The van der Waals surface area contributed by atoms with Gasteiger partial charge in [-0.1, -0.05) is 12.1 Å². The second-order valence-electron chi connectivity index (χ2n) is 6.74. The SMILES string of the molecule is COc1ccc(/C=C/C(=O)NCCc2c(C)nn(-c3ccccn3)c2C)cc1OC. The first kappa shape index (κ1) is 21.1. The lowest BCUT2D eigenvalue weighted by Gasteiger charge is -2.07. The van der Waals surface area contributed by atoms with E-state index < -0.39 is 0 Å². The number of rotatable bonds is 8. The summed E-state index contributed by atoms with van der Waals surface area (Å²) < 4.78 is 12.3. The lowest BCUT2D eigenvalue weighted by molar-refractivity contribution is -0.116. The monoisotopic (exact) mass is 406 g/mol. The summed E-state index contributed by atoms with van der Waals surface area (Å²) in [4.78, 5) is 16.5. The number of nitrogens with zero attached hydrogens (tertiary/aromatic N) is 3. The van der Waals surface area contributed by atoms with Crippen LogP contribution >= 0.6 is 0 Å². The van der Waals surface area contributed by atoms with Gasteiger partial charge in [0.15, 0.2) is 17.3 Å². The summed E-state index contributed by atoms with van der Waals surface area (Å²) in [6.45, 7) is 4.51. The van der Waals surface area contributed by atoms with Gasteiger partial charge in [0.1, 0.15) is 0 Å². The van der Waals surface area contributed by atoms with Crippen LogP contribution in [-0.2, 0) is 11.2 Å². The van der Waals surface area contributed by atoms with E-state index in [1.807, 2.05) is 48.9 Å². The van der Waals surface area contributed by atoms with E-state index in [4.69, 9.17) is 9.47 Å². The van der Waals surface area contributed by atoms with Crippen LogP contribution in [-0.4, -0.2) is 41.4 Å². The van der Waals surface area contributed by atoms with E-state index in [-0.39, 0.29) is 5.91 Å².